The number of benzene rings is 2. The smallest absolute Gasteiger partial charge is 0.255 e. The van der Waals surface area contributed by atoms with Crippen LogP contribution in [-0.2, 0) is 4.74 Å². The average Bonchev–Trinajstić information content (AvgIpc) is 2.72. The second-order valence-electron chi connectivity index (χ2n) is 6.33. The zero-order valence-electron chi connectivity index (χ0n) is 16.5. The molecular weight excluding hydrogens is 356 g/mol. The van der Waals surface area contributed by atoms with Crippen molar-refractivity contribution in [3.63, 3.8) is 0 Å². The van der Waals surface area contributed by atoms with E-state index in [4.69, 9.17) is 9.47 Å². The molecule has 0 aliphatic carbocycles. The van der Waals surface area contributed by atoms with Gasteiger partial charge < -0.3 is 20.1 Å². The van der Waals surface area contributed by atoms with Gasteiger partial charge in [0.25, 0.3) is 11.8 Å². The summed E-state index contributed by atoms with van der Waals surface area (Å²) >= 11 is 0. The summed E-state index contributed by atoms with van der Waals surface area (Å²) in [6.07, 6.45) is 2.79. The molecule has 2 aromatic rings. The lowest BCUT2D eigenvalue weighted by molar-refractivity contribution is 0.0949. The van der Waals surface area contributed by atoms with Crippen molar-refractivity contribution in [1.29, 1.82) is 0 Å². The van der Waals surface area contributed by atoms with Crippen molar-refractivity contribution in [2.24, 2.45) is 0 Å². The Bertz CT molecular complexity index is 759. The Kier molecular flexibility index (Phi) is 9.01. The minimum Gasteiger partial charge on any atom is -0.494 e. The first-order valence-corrected chi connectivity index (χ1v) is 9.56. The van der Waals surface area contributed by atoms with Gasteiger partial charge in [0.2, 0.25) is 0 Å². The highest BCUT2D eigenvalue weighted by Gasteiger charge is 2.14. The highest BCUT2D eigenvalue weighted by Crippen LogP contribution is 2.18. The van der Waals surface area contributed by atoms with E-state index in [-0.39, 0.29) is 11.8 Å². The molecule has 0 aliphatic heterocycles. The number of amides is 2. The number of ether oxygens (including phenoxy) is 2. The summed E-state index contributed by atoms with van der Waals surface area (Å²) < 4.78 is 10.6. The Hall–Kier alpha value is -2.86. The van der Waals surface area contributed by atoms with Crippen molar-refractivity contribution in [1.82, 2.24) is 5.32 Å². The molecular formula is C22H28N2O4. The number of methoxy groups -OCH3 is 1. The molecule has 28 heavy (non-hydrogen) atoms. The zero-order chi connectivity index (χ0) is 20.2. The Morgan fingerprint density at radius 2 is 1.68 bits per heavy atom. The van der Waals surface area contributed by atoms with E-state index in [1.165, 1.54) is 0 Å². The van der Waals surface area contributed by atoms with Gasteiger partial charge in [0.1, 0.15) is 5.75 Å². The maximum Gasteiger partial charge on any atom is 0.255 e. The molecule has 0 saturated heterocycles. The van der Waals surface area contributed by atoms with Crippen LogP contribution in [0, 0.1) is 0 Å². The normalized spacial score (nSPS) is 10.4. The first kappa shape index (κ1) is 21.4. The molecule has 2 amide bonds. The largest absolute Gasteiger partial charge is 0.494 e. The van der Waals surface area contributed by atoms with E-state index >= 15 is 0 Å². The molecule has 0 spiro atoms. The lowest BCUT2D eigenvalue weighted by atomic mass is 10.1. The second-order valence-corrected chi connectivity index (χ2v) is 6.33. The van der Waals surface area contributed by atoms with Crippen LogP contribution in [0.25, 0.3) is 0 Å². The van der Waals surface area contributed by atoms with Gasteiger partial charge in [-0.15, -0.1) is 0 Å². The summed E-state index contributed by atoms with van der Waals surface area (Å²) in [5, 5.41) is 5.65. The van der Waals surface area contributed by atoms with Crippen molar-refractivity contribution in [3.05, 3.63) is 59.7 Å². The number of nitrogens with one attached hydrogen (secondary N) is 2. The molecule has 0 radical (unpaired) electrons. The summed E-state index contributed by atoms with van der Waals surface area (Å²) in [6, 6.07) is 13.9. The summed E-state index contributed by atoms with van der Waals surface area (Å²) in [6.45, 7) is 3.86. The third kappa shape index (κ3) is 6.70. The second kappa shape index (κ2) is 11.8. The van der Waals surface area contributed by atoms with Crippen molar-refractivity contribution >= 4 is 17.5 Å². The van der Waals surface area contributed by atoms with Crippen LogP contribution in [0.2, 0.25) is 0 Å². The van der Waals surface area contributed by atoms with Crippen LogP contribution in [0.3, 0.4) is 0 Å². The minimum absolute atomic E-state index is 0.230. The van der Waals surface area contributed by atoms with Gasteiger partial charge in [-0.05, 0) is 49.2 Å². The van der Waals surface area contributed by atoms with E-state index < -0.39 is 0 Å². The fraction of sp³-hybridized carbons (Fsp3) is 0.364. The molecule has 0 atom stereocenters. The molecule has 0 aliphatic rings. The van der Waals surface area contributed by atoms with Crippen molar-refractivity contribution in [2.75, 3.05) is 32.2 Å². The Morgan fingerprint density at radius 3 is 2.39 bits per heavy atom. The van der Waals surface area contributed by atoms with E-state index in [1.807, 2.05) is 0 Å². The highest BCUT2D eigenvalue weighted by atomic mass is 16.5. The lowest BCUT2D eigenvalue weighted by Gasteiger charge is -2.12. The van der Waals surface area contributed by atoms with Crippen molar-refractivity contribution < 1.29 is 19.1 Å². The van der Waals surface area contributed by atoms with Gasteiger partial charge >= 0.3 is 0 Å². The first-order valence-electron chi connectivity index (χ1n) is 9.56. The van der Waals surface area contributed by atoms with Crippen LogP contribution in [0.5, 0.6) is 5.75 Å². The van der Waals surface area contributed by atoms with Crippen LogP contribution in [0.15, 0.2) is 48.5 Å². The van der Waals surface area contributed by atoms with Crippen LogP contribution in [-0.4, -0.2) is 38.7 Å². The fourth-order valence-corrected chi connectivity index (χ4v) is 2.54. The predicted molar refractivity (Wildman–Crippen MR) is 110 cm³/mol. The molecule has 0 unspecified atom stereocenters. The maximum atomic E-state index is 12.6. The van der Waals surface area contributed by atoms with Crippen LogP contribution in [0.4, 0.5) is 5.69 Å². The number of carbonyl (C=O) groups is 2. The van der Waals surface area contributed by atoms with Crippen LogP contribution in [0.1, 0.15) is 46.9 Å². The Labute approximate surface area is 166 Å². The van der Waals surface area contributed by atoms with Crippen LogP contribution < -0.4 is 15.4 Å². The molecule has 0 saturated carbocycles. The van der Waals surface area contributed by atoms with E-state index in [0.29, 0.717) is 36.6 Å². The third-order valence-corrected chi connectivity index (χ3v) is 4.11. The standard InChI is InChI=1S/C22H28N2O4/c1-3-4-16-28-18-12-10-17(11-13-18)21(25)24-20-9-6-5-8-19(20)22(26)23-14-7-15-27-2/h5-6,8-13H,3-4,7,14-16H2,1-2H3,(H,23,26)(H,24,25). The molecule has 2 aromatic carbocycles. The maximum absolute atomic E-state index is 12.6. The Balaban J connectivity index is 1.99. The minimum atomic E-state index is -0.278. The SMILES string of the molecule is CCCCOc1ccc(C(=O)Nc2ccccc2C(=O)NCCCOC)cc1. The van der Waals surface area contributed by atoms with E-state index in [0.717, 1.165) is 25.0 Å². The lowest BCUT2D eigenvalue weighted by Crippen LogP contribution is -2.26. The summed E-state index contributed by atoms with van der Waals surface area (Å²) in [4.78, 5) is 25.0. The number of unbranched alkanes of at least 4 members (excludes halogenated alkanes) is 1. The predicted octanol–water partition coefficient (Wildman–Crippen LogP) is 3.88. The topological polar surface area (TPSA) is 76.7 Å². The molecule has 6 nitrogen and oxygen atoms in total. The Morgan fingerprint density at radius 1 is 0.929 bits per heavy atom. The number of rotatable bonds is 11. The number of hydrogen-bond acceptors (Lipinski definition) is 4. The molecule has 6 heteroatoms. The number of hydrogen-bond donors (Lipinski definition) is 2. The average molecular weight is 384 g/mol. The fourth-order valence-electron chi connectivity index (χ4n) is 2.54. The molecule has 0 aromatic heterocycles. The number of anilines is 1. The highest BCUT2D eigenvalue weighted by molar-refractivity contribution is 6.09. The van der Waals surface area contributed by atoms with Gasteiger partial charge in [-0.1, -0.05) is 25.5 Å². The van der Waals surface area contributed by atoms with Gasteiger partial charge in [0.15, 0.2) is 0 Å². The quantitative estimate of drug-likeness (QED) is 0.577. The molecule has 2 rings (SSSR count). The summed E-state index contributed by atoms with van der Waals surface area (Å²) in [5.74, 6) is 0.229. The van der Waals surface area contributed by atoms with Gasteiger partial charge in [0, 0.05) is 25.8 Å². The molecule has 0 bridgehead atoms. The van der Waals surface area contributed by atoms with E-state index in [1.54, 1.807) is 55.6 Å². The van der Waals surface area contributed by atoms with Gasteiger partial charge in [-0.25, -0.2) is 0 Å². The molecule has 150 valence electrons. The molecule has 2 N–H and O–H groups in total. The summed E-state index contributed by atoms with van der Waals surface area (Å²) in [5.41, 5.74) is 1.39. The van der Waals surface area contributed by atoms with Gasteiger partial charge in [-0.2, -0.15) is 0 Å². The number of carbonyl (C=O) groups excluding carboxylic acids is 2. The first-order chi connectivity index (χ1) is 13.7. The van der Waals surface area contributed by atoms with Crippen molar-refractivity contribution in [3.8, 4) is 5.75 Å². The van der Waals surface area contributed by atoms with Gasteiger partial charge in [0.05, 0.1) is 17.9 Å². The molecule has 0 fully saturated rings. The monoisotopic (exact) mass is 384 g/mol. The van der Waals surface area contributed by atoms with E-state index in [9.17, 15) is 9.59 Å². The van der Waals surface area contributed by atoms with E-state index in [2.05, 4.69) is 17.6 Å². The number of para-hydroxylation sites is 1. The third-order valence-electron chi connectivity index (χ3n) is 4.11. The summed E-state index contributed by atoms with van der Waals surface area (Å²) in [7, 11) is 1.62. The van der Waals surface area contributed by atoms with Crippen molar-refractivity contribution in [2.45, 2.75) is 26.2 Å². The zero-order valence-corrected chi connectivity index (χ0v) is 16.5. The molecule has 0 heterocycles. The van der Waals surface area contributed by atoms with Crippen LogP contribution >= 0.6 is 0 Å². The van der Waals surface area contributed by atoms with Gasteiger partial charge in [-0.3, -0.25) is 9.59 Å².